The van der Waals surface area contributed by atoms with Crippen LogP contribution in [0.1, 0.15) is 32.3 Å². The molecule has 1 aliphatic rings. The lowest BCUT2D eigenvalue weighted by Crippen LogP contribution is -2.36. The molecule has 0 saturated heterocycles. The maximum atomic E-state index is 12.5. The Hall–Kier alpha value is -1.99. The summed E-state index contributed by atoms with van der Waals surface area (Å²) in [5.41, 5.74) is 2.35. The number of para-hydroxylation sites is 1. The van der Waals surface area contributed by atoms with Gasteiger partial charge in [-0.1, -0.05) is 31.0 Å². The molecule has 0 fully saturated rings. The standard InChI is InChI=1S/C19H26N2O2/c1-3-4-7-12-20-13-10-17-8-5-6-9-18(17)21(15-16(2)22)14-11-19(20)23/h5-6,8-9,16,22H,3,10-15H2,1-2H3. The van der Waals surface area contributed by atoms with Gasteiger partial charge in [-0.2, -0.15) is 0 Å². The second-order valence-electron chi connectivity index (χ2n) is 5.95. The Bertz CT molecular complexity index is 587. The SMILES string of the molecule is CCC#CCN1CCc2ccccc2N(CC(C)O)CCC1=O. The third-order valence-electron chi connectivity index (χ3n) is 3.99. The van der Waals surface area contributed by atoms with Crippen LogP contribution in [0.4, 0.5) is 5.69 Å². The quantitative estimate of drug-likeness (QED) is 0.869. The zero-order valence-electron chi connectivity index (χ0n) is 14.1. The van der Waals surface area contributed by atoms with Gasteiger partial charge in [-0.25, -0.2) is 0 Å². The largest absolute Gasteiger partial charge is 0.392 e. The van der Waals surface area contributed by atoms with Crippen molar-refractivity contribution in [2.75, 3.05) is 31.1 Å². The van der Waals surface area contributed by atoms with Crippen molar-refractivity contribution in [1.29, 1.82) is 0 Å². The summed E-state index contributed by atoms with van der Waals surface area (Å²) in [7, 11) is 0. The number of nitrogens with zero attached hydrogens (tertiary/aromatic N) is 2. The van der Waals surface area contributed by atoms with E-state index in [2.05, 4.69) is 28.9 Å². The summed E-state index contributed by atoms with van der Waals surface area (Å²) >= 11 is 0. The second-order valence-corrected chi connectivity index (χ2v) is 5.95. The van der Waals surface area contributed by atoms with Gasteiger partial charge in [-0.15, -0.1) is 5.92 Å². The fourth-order valence-electron chi connectivity index (χ4n) is 2.87. The first-order chi connectivity index (χ1) is 11.1. The van der Waals surface area contributed by atoms with Gasteiger partial charge in [0.1, 0.15) is 0 Å². The van der Waals surface area contributed by atoms with Crippen molar-refractivity contribution in [3.05, 3.63) is 29.8 Å². The van der Waals surface area contributed by atoms with E-state index in [1.807, 2.05) is 24.0 Å². The summed E-state index contributed by atoms with van der Waals surface area (Å²) in [6, 6.07) is 8.23. The van der Waals surface area contributed by atoms with Crippen LogP contribution in [0.25, 0.3) is 0 Å². The molecule has 1 unspecified atom stereocenters. The lowest BCUT2D eigenvalue weighted by atomic mass is 10.1. The highest BCUT2D eigenvalue weighted by molar-refractivity contribution is 5.77. The van der Waals surface area contributed by atoms with E-state index in [1.54, 1.807) is 6.92 Å². The molecule has 1 aromatic carbocycles. The molecule has 1 N–H and O–H groups in total. The van der Waals surface area contributed by atoms with Crippen molar-refractivity contribution in [1.82, 2.24) is 4.90 Å². The highest BCUT2D eigenvalue weighted by Crippen LogP contribution is 2.23. The first-order valence-electron chi connectivity index (χ1n) is 8.36. The molecule has 1 heterocycles. The molecule has 1 aromatic rings. The minimum atomic E-state index is -0.426. The average Bonchev–Trinajstić information content (AvgIpc) is 2.59. The van der Waals surface area contributed by atoms with Crippen LogP contribution < -0.4 is 4.90 Å². The summed E-state index contributed by atoms with van der Waals surface area (Å²) in [4.78, 5) is 16.4. The monoisotopic (exact) mass is 314 g/mol. The zero-order valence-corrected chi connectivity index (χ0v) is 14.1. The summed E-state index contributed by atoms with van der Waals surface area (Å²) in [5.74, 6) is 6.24. The van der Waals surface area contributed by atoms with E-state index in [9.17, 15) is 9.90 Å². The Kier molecular flexibility index (Phi) is 6.49. The van der Waals surface area contributed by atoms with Gasteiger partial charge in [0, 0.05) is 38.2 Å². The van der Waals surface area contributed by atoms with Crippen molar-refractivity contribution in [3.8, 4) is 11.8 Å². The molecule has 4 nitrogen and oxygen atoms in total. The maximum Gasteiger partial charge on any atom is 0.225 e. The number of rotatable bonds is 3. The third-order valence-corrected chi connectivity index (χ3v) is 3.99. The lowest BCUT2D eigenvalue weighted by molar-refractivity contribution is -0.130. The van der Waals surface area contributed by atoms with Crippen LogP contribution in [0, 0.1) is 11.8 Å². The summed E-state index contributed by atoms with van der Waals surface area (Å²) in [5, 5.41) is 9.77. The van der Waals surface area contributed by atoms with E-state index in [4.69, 9.17) is 0 Å². The van der Waals surface area contributed by atoms with Gasteiger partial charge in [0.25, 0.3) is 0 Å². The fraction of sp³-hybridized carbons (Fsp3) is 0.526. The number of carbonyl (C=O) groups excluding carboxylic acids is 1. The molecule has 2 rings (SSSR count). The summed E-state index contributed by atoms with van der Waals surface area (Å²) in [6.45, 7) is 6.15. The molecule has 0 saturated carbocycles. The zero-order chi connectivity index (χ0) is 16.7. The Morgan fingerprint density at radius 2 is 1.91 bits per heavy atom. The molecule has 1 aliphatic heterocycles. The highest BCUT2D eigenvalue weighted by Gasteiger charge is 2.20. The van der Waals surface area contributed by atoms with Crippen molar-refractivity contribution < 1.29 is 9.90 Å². The molecule has 0 bridgehead atoms. The predicted octanol–water partition coefficient (Wildman–Crippen LogP) is 2.06. The van der Waals surface area contributed by atoms with Gasteiger partial charge in [-0.05, 0) is 25.0 Å². The summed E-state index contributed by atoms with van der Waals surface area (Å²) < 4.78 is 0. The Labute approximate surface area is 139 Å². The van der Waals surface area contributed by atoms with Crippen molar-refractivity contribution >= 4 is 11.6 Å². The number of benzene rings is 1. The number of hydrogen-bond donors (Lipinski definition) is 1. The molecule has 0 radical (unpaired) electrons. The van der Waals surface area contributed by atoms with Gasteiger partial charge in [0.05, 0.1) is 12.6 Å². The van der Waals surface area contributed by atoms with Gasteiger partial charge in [0.15, 0.2) is 0 Å². The minimum absolute atomic E-state index is 0.138. The number of β-amino-alcohol motifs (C(OH)–C–C–N with tert-alkyl or cyclic N) is 1. The maximum absolute atomic E-state index is 12.5. The van der Waals surface area contributed by atoms with Gasteiger partial charge >= 0.3 is 0 Å². The molecular formula is C19H26N2O2. The van der Waals surface area contributed by atoms with Gasteiger partial charge in [-0.3, -0.25) is 4.79 Å². The second kappa shape index (κ2) is 8.59. The highest BCUT2D eigenvalue weighted by atomic mass is 16.3. The summed E-state index contributed by atoms with van der Waals surface area (Å²) in [6.07, 6.45) is 1.65. The molecule has 0 aromatic heterocycles. The van der Waals surface area contributed by atoms with Crippen molar-refractivity contribution in [3.63, 3.8) is 0 Å². The topological polar surface area (TPSA) is 43.8 Å². The van der Waals surface area contributed by atoms with Crippen LogP contribution in [0.3, 0.4) is 0 Å². The lowest BCUT2D eigenvalue weighted by Gasteiger charge is -2.27. The van der Waals surface area contributed by atoms with E-state index in [1.165, 1.54) is 5.56 Å². The van der Waals surface area contributed by atoms with Gasteiger partial charge < -0.3 is 14.9 Å². The number of fused-ring (bicyclic) bond motifs is 1. The number of hydrogen-bond acceptors (Lipinski definition) is 3. The molecule has 23 heavy (non-hydrogen) atoms. The van der Waals surface area contributed by atoms with Crippen LogP contribution in [0.2, 0.25) is 0 Å². The normalized spacial score (nSPS) is 16.6. The van der Waals surface area contributed by atoms with E-state index < -0.39 is 6.10 Å². The average molecular weight is 314 g/mol. The molecular weight excluding hydrogens is 288 g/mol. The predicted molar refractivity (Wildman–Crippen MR) is 93.3 cm³/mol. The Balaban J connectivity index is 2.21. The Morgan fingerprint density at radius 3 is 2.65 bits per heavy atom. The number of aliphatic hydroxyl groups excluding tert-OH is 1. The smallest absolute Gasteiger partial charge is 0.225 e. The van der Waals surface area contributed by atoms with Crippen LogP contribution in [-0.2, 0) is 11.2 Å². The van der Waals surface area contributed by atoms with E-state index in [0.717, 1.165) is 18.5 Å². The van der Waals surface area contributed by atoms with Crippen LogP contribution >= 0.6 is 0 Å². The minimum Gasteiger partial charge on any atom is -0.392 e. The van der Waals surface area contributed by atoms with Crippen molar-refractivity contribution in [2.24, 2.45) is 0 Å². The molecule has 0 spiro atoms. The van der Waals surface area contributed by atoms with E-state index >= 15 is 0 Å². The van der Waals surface area contributed by atoms with Crippen LogP contribution in [0.5, 0.6) is 0 Å². The third kappa shape index (κ3) is 5.01. The van der Waals surface area contributed by atoms with Crippen LogP contribution in [0.15, 0.2) is 24.3 Å². The van der Waals surface area contributed by atoms with Gasteiger partial charge in [0.2, 0.25) is 5.91 Å². The fourth-order valence-corrected chi connectivity index (χ4v) is 2.87. The van der Waals surface area contributed by atoms with E-state index in [0.29, 0.717) is 32.6 Å². The van der Waals surface area contributed by atoms with Crippen LogP contribution in [-0.4, -0.2) is 48.2 Å². The Morgan fingerprint density at radius 1 is 1.17 bits per heavy atom. The molecule has 0 aliphatic carbocycles. The number of carbonyl (C=O) groups is 1. The number of aliphatic hydroxyl groups is 1. The molecule has 124 valence electrons. The first-order valence-corrected chi connectivity index (χ1v) is 8.36. The number of amides is 1. The number of anilines is 1. The molecule has 1 amide bonds. The first kappa shape index (κ1) is 17.4. The van der Waals surface area contributed by atoms with Crippen molar-refractivity contribution in [2.45, 2.75) is 39.2 Å². The van der Waals surface area contributed by atoms with E-state index in [-0.39, 0.29) is 5.91 Å². The molecule has 4 heteroatoms. The molecule has 1 atom stereocenters.